The van der Waals surface area contributed by atoms with E-state index in [0.29, 0.717) is 11.4 Å². The minimum Gasteiger partial charge on any atom is -0.481 e. The molecular formula is C14H18ClNO2. The van der Waals surface area contributed by atoms with E-state index in [1.165, 1.54) is 0 Å². The van der Waals surface area contributed by atoms with E-state index < -0.39 is 5.97 Å². The van der Waals surface area contributed by atoms with Gasteiger partial charge in [0.05, 0.1) is 16.6 Å². The van der Waals surface area contributed by atoms with E-state index in [4.69, 9.17) is 11.6 Å². The number of hydrogen-bond donors (Lipinski definition) is 1. The van der Waals surface area contributed by atoms with Crippen LogP contribution in [0.25, 0.3) is 0 Å². The first-order valence-corrected chi connectivity index (χ1v) is 6.56. The summed E-state index contributed by atoms with van der Waals surface area (Å²) in [5.74, 6) is -1.02. The van der Waals surface area contributed by atoms with E-state index >= 15 is 0 Å². The number of rotatable bonds is 2. The molecule has 2 unspecified atom stereocenters. The number of nitrogens with zero attached hydrogens (tertiary/aromatic N) is 1. The van der Waals surface area contributed by atoms with Gasteiger partial charge in [-0.3, -0.25) is 4.79 Å². The predicted molar refractivity (Wildman–Crippen MR) is 73.5 cm³/mol. The van der Waals surface area contributed by atoms with Gasteiger partial charge in [-0.1, -0.05) is 17.7 Å². The van der Waals surface area contributed by atoms with E-state index in [1.54, 1.807) is 0 Å². The number of aliphatic carboxylic acids is 1. The van der Waals surface area contributed by atoms with E-state index in [1.807, 2.05) is 26.8 Å². The maximum absolute atomic E-state index is 11.2. The van der Waals surface area contributed by atoms with Crippen LogP contribution in [0.4, 0.5) is 5.69 Å². The predicted octanol–water partition coefficient (Wildman–Crippen LogP) is 3.26. The maximum Gasteiger partial charge on any atom is 0.308 e. The number of carboxylic acid groups (broad SMARTS) is 1. The van der Waals surface area contributed by atoms with Crippen molar-refractivity contribution in [2.24, 2.45) is 5.92 Å². The summed E-state index contributed by atoms with van der Waals surface area (Å²) in [6, 6.07) is 4.01. The Bertz CT molecular complexity index is 464. The number of carbonyl (C=O) groups is 1. The lowest BCUT2D eigenvalue weighted by Crippen LogP contribution is -2.33. The van der Waals surface area contributed by atoms with Crippen LogP contribution in [0.1, 0.15) is 24.5 Å². The van der Waals surface area contributed by atoms with Crippen molar-refractivity contribution in [3.63, 3.8) is 0 Å². The molecule has 1 aliphatic rings. The van der Waals surface area contributed by atoms with Crippen LogP contribution in [0.2, 0.25) is 5.02 Å². The SMILES string of the molecule is Cc1cc(C)c(N2CCC(C(=O)O)C2C)c(Cl)c1. The summed E-state index contributed by atoms with van der Waals surface area (Å²) in [6.45, 7) is 6.74. The first kappa shape index (κ1) is 13.2. The van der Waals surface area contributed by atoms with E-state index in [-0.39, 0.29) is 12.0 Å². The molecule has 3 nitrogen and oxygen atoms in total. The Labute approximate surface area is 112 Å². The van der Waals surface area contributed by atoms with Crippen molar-refractivity contribution in [1.82, 2.24) is 0 Å². The minimum absolute atomic E-state index is 0.0126. The van der Waals surface area contributed by atoms with Gasteiger partial charge in [-0.15, -0.1) is 0 Å². The molecule has 18 heavy (non-hydrogen) atoms. The second-order valence-corrected chi connectivity index (χ2v) is 5.49. The average molecular weight is 268 g/mol. The highest BCUT2D eigenvalue weighted by atomic mass is 35.5. The second-order valence-electron chi connectivity index (χ2n) is 5.08. The fourth-order valence-electron chi connectivity index (χ4n) is 2.86. The summed E-state index contributed by atoms with van der Waals surface area (Å²) < 4.78 is 0. The Balaban J connectivity index is 2.37. The van der Waals surface area contributed by atoms with Crippen LogP contribution in [0.5, 0.6) is 0 Å². The largest absolute Gasteiger partial charge is 0.481 e. The van der Waals surface area contributed by atoms with Crippen molar-refractivity contribution in [2.75, 3.05) is 11.4 Å². The number of benzene rings is 1. The monoisotopic (exact) mass is 267 g/mol. The maximum atomic E-state index is 11.2. The summed E-state index contributed by atoms with van der Waals surface area (Å²) >= 11 is 6.32. The summed E-state index contributed by atoms with van der Waals surface area (Å²) in [6.07, 6.45) is 0.681. The Hall–Kier alpha value is -1.22. The summed E-state index contributed by atoms with van der Waals surface area (Å²) in [5, 5.41) is 9.88. The average Bonchev–Trinajstić information content (AvgIpc) is 2.59. The molecular weight excluding hydrogens is 250 g/mol. The third-order valence-corrected chi connectivity index (χ3v) is 4.05. The zero-order valence-corrected chi connectivity index (χ0v) is 11.7. The van der Waals surface area contributed by atoms with Gasteiger partial charge in [-0.05, 0) is 44.4 Å². The van der Waals surface area contributed by atoms with Crippen molar-refractivity contribution in [3.05, 3.63) is 28.3 Å². The quantitative estimate of drug-likeness (QED) is 0.894. The Morgan fingerprint density at radius 1 is 1.44 bits per heavy atom. The van der Waals surface area contributed by atoms with Crippen molar-refractivity contribution in [2.45, 2.75) is 33.2 Å². The van der Waals surface area contributed by atoms with Crippen LogP contribution in [-0.2, 0) is 4.79 Å². The van der Waals surface area contributed by atoms with Crippen LogP contribution in [0.15, 0.2) is 12.1 Å². The number of aryl methyl sites for hydroxylation is 2. The van der Waals surface area contributed by atoms with Gasteiger partial charge in [-0.25, -0.2) is 0 Å². The molecule has 0 spiro atoms. The van der Waals surface area contributed by atoms with Crippen molar-refractivity contribution >= 4 is 23.3 Å². The molecule has 0 saturated carbocycles. The number of halogens is 1. The molecule has 1 heterocycles. The van der Waals surface area contributed by atoms with Gasteiger partial charge in [0.1, 0.15) is 0 Å². The van der Waals surface area contributed by atoms with Crippen LogP contribution >= 0.6 is 11.6 Å². The zero-order valence-electron chi connectivity index (χ0n) is 10.9. The Morgan fingerprint density at radius 3 is 2.61 bits per heavy atom. The standard InChI is InChI=1S/C14H18ClNO2/c1-8-6-9(2)13(12(15)7-8)16-5-4-11(10(16)3)14(17)18/h6-7,10-11H,4-5H2,1-3H3,(H,17,18). The smallest absolute Gasteiger partial charge is 0.308 e. The van der Waals surface area contributed by atoms with Gasteiger partial charge in [-0.2, -0.15) is 0 Å². The van der Waals surface area contributed by atoms with Crippen LogP contribution in [0, 0.1) is 19.8 Å². The van der Waals surface area contributed by atoms with E-state index in [9.17, 15) is 9.90 Å². The fraction of sp³-hybridized carbons (Fsp3) is 0.500. The molecule has 1 aliphatic heterocycles. The normalized spacial score (nSPS) is 23.4. The minimum atomic E-state index is -0.717. The molecule has 0 bridgehead atoms. The third-order valence-electron chi connectivity index (χ3n) is 3.76. The molecule has 1 fully saturated rings. The van der Waals surface area contributed by atoms with Crippen molar-refractivity contribution in [1.29, 1.82) is 0 Å². The summed E-state index contributed by atoms with van der Waals surface area (Å²) in [4.78, 5) is 13.3. The molecule has 0 aromatic heterocycles. The molecule has 4 heteroatoms. The highest BCUT2D eigenvalue weighted by Crippen LogP contribution is 2.37. The van der Waals surface area contributed by atoms with Gasteiger partial charge >= 0.3 is 5.97 Å². The lowest BCUT2D eigenvalue weighted by Gasteiger charge is -2.28. The van der Waals surface area contributed by atoms with Crippen LogP contribution in [-0.4, -0.2) is 23.7 Å². The van der Waals surface area contributed by atoms with Gasteiger partial charge in [0.25, 0.3) is 0 Å². The third kappa shape index (κ3) is 2.19. The molecule has 2 atom stereocenters. The number of carboxylic acids is 1. The number of anilines is 1. The fourth-order valence-corrected chi connectivity index (χ4v) is 3.29. The molecule has 0 amide bonds. The molecule has 1 aromatic carbocycles. The first-order valence-electron chi connectivity index (χ1n) is 6.18. The molecule has 1 N–H and O–H groups in total. The van der Waals surface area contributed by atoms with Crippen molar-refractivity contribution in [3.8, 4) is 0 Å². The molecule has 2 rings (SSSR count). The molecule has 0 radical (unpaired) electrons. The summed E-state index contributed by atoms with van der Waals surface area (Å²) in [5.41, 5.74) is 3.22. The molecule has 0 aliphatic carbocycles. The molecule has 1 saturated heterocycles. The van der Waals surface area contributed by atoms with Gasteiger partial charge in [0, 0.05) is 12.6 Å². The highest BCUT2D eigenvalue weighted by molar-refractivity contribution is 6.33. The lowest BCUT2D eigenvalue weighted by molar-refractivity contribution is -0.141. The Kier molecular flexibility index (Phi) is 3.53. The number of hydrogen-bond acceptors (Lipinski definition) is 2. The van der Waals surface area contributed by atoms with Gasteiger partial charge < -0.3 is 10.0 Å². The second kappa shape index (κ2) is 4.81. The van der Waals surface area contributed by atoms with E-state index in [2.05, 4.69) is 11.0 Å². The van der Waals surface area contributed by atoms with Crippen LogP contribution in [0.3, 0.4) is 0 Å². The highest BCUT2D eigenvalue weighted by Gasteiger charge is 2.36. The van der Waals surface area contributed by atoms with Gasteiger partial charge in [0.2, 0.25) is 0 Å². The zero-order chi connectivity index (χ0) is 13.4. The van der Waals surface area contributed by atoms with E-state index in [0.717, 1.165) is 23.4 Å². The lowest BCUT2D eigenvalue weighted by atomic mass is 10.0. The summed E-state index contributed by atoms with van der Waals surface area (Å²) in [7, 11) is 0. The van der Waals surface area contributed by atoms with Crippen molar-refractivity contribution < 1.29 is 9.90 Å². The topological polar surface area (TPSA) is 40.5 Å². The molecule has 1 aromatic rings. The van der Waals surface area contributed by atoms with Gasteiger partial charge in [0.15, 0.2) is 0 Å². The van der Waals surface area contributed by atoms with Crippen LogP contribution < -0.4 is 4.90 Å². The molecule has 98 valence electrons. The Morgan fingerprint density at radius 2 is 2.11 bits per heavy atom. The first-order chi connectivity index (χ1) is 8.41.